The lowest BCUT2D eigenvalue weighted by molar-refractivity contribution is 0.0627. The molecule has 3 aromatic rings. The van der Waals surface area contributed by atoms with E-state index in [0.717, 1.165) is 29.9 Å². The van der Waals surface area contributed by atoms with E-state index in [9.17, 15) is 14.4 Å². The largest absolute Gasteiger partial charge is 0.336 e. The van der Waals surface area contributed by atoms with Crippen molar-refractivity contribution in [1.29, 1.82) is 0 Å². The highest BCUT2D eigenvalue weighted by molar-refractivity contribution is 5.96. The van der Waals surface area contributed by atoms with Crippen molar-refractivity contribution in [1.82, 2.24) is 28.9 Å². The Labute approximate surface area is 166 Å². The van der Waals surface area contributed by atoms with E-state index < -0.39 is 11.2 Å². The van der Waals surface area contributed by atoms with E-state index in [1.165, 1.54) is 23.9 Å². The minimum atomic E-state index is -0.453. The monoisotopic (exact) mass is 394 g/mol. The number of carbonyl (C=O) groups excluding carboxylic acids is 1. The summed E-state index contributed by atoms with van der Waals surface area (Å²) in [6, 6.07) is 7.39. The minimum Gasteiger partial charge on any atom is -0.336 e. The smallest absolute Gasteiger partial charge is 0.332 e. The van der Waals surface area contributed by atoms with E-state index in [1.54, 1.807) is 18.1 Å². The molecule has 1 fully saturated rings. The van der Waals surface area contributed by atoms with Gasteiger partial charge in [-0.25, -0.2) is 9.78 Å². The van der Waals surface area contributed by atoms with Crippen LogP contribution in [0.25, 0.3) is 11.0 Å². The molecule has 29 heavy (non-hydrogen) atoms. The average molecular weight is 394 g/mol. The number of aromatic nitrogens is 4. The van der Waals surface area contributed by atoms with Crippen LogP contribution in [0.2, 0.25) is 0 Å². The molecule has 150 valence electrons. The summed E-state index contributed by atoms with van der Waals surface area (Å²) in [4.78, 5) is 50.0. The van der Waals surface area contributed by atoms with Crippen LogP contribution in [0.4, 0.5) is 0 Å². The first-order valence-electron chi connectivity index (χ1n) is 9.43. The predicted molar refractivity (Wildman–Crippen MR) is 108 cm³/mol. The van der Waals surface area contributed by atoms with Crippen LogP contribution in [0.1, 0.15) is 16.1 Å². The number of amides is 1. The second-order valence-electron chi connectivity index (χ2n) is 7.19. The van der Waals surface area contributed by atoms with Crippen LogP contribution in [-0.2, 0) is 20.6 Å². The molecule has 3 aromatic heterocycles. The molecule has 0 aromatic carbocycles. The van der Waals surface area contributed by atoms with Crippen LogP contribution in [0.15, 0.2) is 46.2 Å². The molecule has 0 unspecified atom stereocenters. The maximum absolute atomic E-state index is 12.9. The fourth-order valence-electron chi connectivity index (χ4n) is 3.59. The molecule has 0 atom stereocenters. The summed E-state index contributed by atoms with van der Waals surface area (Å²) in [5.74, 6) is -0.159. The van der Waals surface area contributed by atoms with Crippen molar-refractivity contribution < 1.29 is 4.79 Å². The first-order valence-corrected chi connectivity index (χ1v) is 9.43. The summed E-state index contributed by atoms with van der Waals surface area (Å²) < 4.78 is 2.33. The summed E-state index contributed by atoms with van der Waals surface area (Å²) >= 11 is 0. The van der Waals surface area contributed by atoms with E-state index in [4.69, 9.17) is 0 Å². The van der Waals surface area contributed by atoms with E-state index in [-0.39, 0.29) is 16.9 Å². The van der Waals surface area contributed by atoms with Crippen molar-refractivity contribution in [2.45, 2.75) is 6.54 Å². The van der Waals surface area contributed by atoms with Crippen LogP contribution in [0.3, 0.4) is 0 Å². The molecule has 0 N–H and O–H groups in total. The van der Waals surface area contributed by atoms with Crippen LogP contribution in [0, 0.1) is 0 Å². The van der Waals surface area contributed by atoms with Crippen molar-refractivity contribution in [2.24, 2.45) is 14.1 Å². The third-order valence-corrected chi connectivity index (χ3v) is 5.31. The summed E-state index contributed by atoms with van der Waals surface area (Å²) in [6.07, 6.45) is 3.21. The quantitative estimate of drug-likeness (QED) is 0.620. The average Bonchev–Trinajstić information content (AvgIpc) is 2.76. The van der Waals surface area contributed by atoms with Crippen LogP contribution in [0.5, 0.6) is 0 Å². The molecular weight excluding hydrogens is 372 g/mol. The third-order valence-electron chi connectivity index (χ3n) is 5.31. The van der Waals surface area contributed by atoms with Gasteiger partial charge in [0.25, 0.3) is 11.5 Å². The van der Waals surface area contributed by atoms with Gasteiger partial charge in [-0.05, 0) is 18.2 Å². The van der Waals surface area contributed by atoms with E-state index >= 15 is 0 Å². The molecule has 1 saturated heterocycles. The van der Waals surface area contributed by atoms with Crippen molar-refractivity contribution >= 4 is 16.9 Å². The molecule has 0 spiro atoms. The van der Waals surface area contributed by atoms with Crippen molar-refractivity contribution in [3.63, 3.8) is 0 Å². The number of pyridine rings is 2. The second kappa shape index (κ2) is 7.59. The van der Waals surface area contributed by atoms with Gasteiger partial charge in [0.15, 0.2) is 0 Å². The Morgan fingerprint density at radius 2 is 1.79 bits per heavy atom. The van der Waals surface area contributed by atoms with Gasteiger partial charge in [-0.3, -0.25) is 28.6 Å². The third kappa shape index (κ3) is 3.56. The Morgan fingerprint density at radius 1 is 1.03 bits per heavy atom. The van der Waals surface area contributed by atoms with Crippen molar-refractivity contribution in [2.75, 3.05) is 26.2 Å². The number of aryl methyl sites for hydroxylation is 1. The maximum Gasteiger partial charge on any atom is 0.332 e. The number of hydrogen-bond acceptors (Lipinski definition) is 6. The Bertz CT molecular complexity index is 1180. The van der Waals surface area contributed by atoms with Gasteiger partial charge < -0.3 is 4.90 Å². The number of hydrogen-bond donors (Lipinski definition) is 0. The highest BCUT2D eigenvalue weighted by Gasteiger charge is 2.23. The number of rotatable bonds is 3. The zero-order chi connectivity index (χ0) is 20.5. The fraction of sp³-hybridized carbons (Fsp3) is 0.350. The highest BCUT2D eigenvalue weighted by Crippen LogP contribution is 2.13. The topological polar surface area (TPSA) is 93.3 Å². The van der Waals surface area contributed by atoms with Gasteiger partial charge in [-0.2, -0.15) is 0 Å². The molecule has 1 aliphatic heterocycles. The summed E-state index contributed by atoms with van der Waals surface area (Å²) in [7, 11) is 2.97. The van der Waals surface area contributed by atoms with Crippen molar-refractivity contribution in [3.8, 4) is 0 Å². The Hall–Kier alpha value is -3.33. The lowest BCUT2D eigenvalue weighted by atomic mass is 10.2. The zero-order valence-electron chi connectivity index (χ0n) is 16.4. The lowest BCUT2D eigenvalue weighted by Crippen LogP contribution is -2.48. The van der Waals surface area contributed by atoms with Gasteiger partial charge in [-0.15, -0.1) is 0 Å². The number of nitrogens with zero attached hydrogens (tertiary/aromatic N) is 6. The summed E-state index contributed by atoms with van der Waals surface area (Å²) in [5.41, 5.74) is 0.734. The van der Waals surface area contributed by atoms with E-state index in [2.05, 4.69) is 14.9 Å². The molecule has 9 nitrogen and oxygen atoms in total. The van der Waals surface area contributed by atoms with Gasteiger partial charge in [0.1, 0.15) is 5.65 Å². The van der Waals surface area contributed by atoms with Gasteiger partial charge in [-0.1, -0.05) is 6.07 Å². The number of carbonyl (C=O) groups is 1. The standard InChI is InChI=1S/C20H22N6O3/c1-23-17-16(19(28)24(2)20(23)29)11-14(12-22-17)18(27)26-9-7-25(8-10-26)13-15-5-3-4-6-21-15/h3-6,11-12H,7-10,13H2,1-2H3. The first-order chi connectivity index (χ1) is 14.0. The summed E-state index contributed by atoms with van der Waals surface area (Å²) in [5, 5.41) is 0.259. The van der Waals surface area contributed by atoms with Crippen molar-refractivity contribution in [3.05, 3.63) is 68.8 Å². The molecule has 4 heterocycles. The molecular formula is C20H22N6O3. The predicted octanol–water partition coefficient (Wildman–Crippen LogP) is -0.0148. The van der Waals surface area contributed by atoms with Gasteiger partial charge >= 0.3 is 5.69 Å². The number of fused-ring (bicyclic) bond motifs is 1. The van der Waals surface area contributed by atoms with Crippen LogP contribution >= 0.6 is 0 Å². The maximum atomic E-state index is 12.9. The first kappa shape index (κ1) is 19.0. The lowest BCUT2D eigenvalue weighted by Gasteiger charge is -2.34. The molecule has 1 aliphatic rings. The van der Waals surface area contributed by atoms with Crippen LogP contribution < -0.4 is 11.2 Å². The van der Waals surface area contributed by atoms with Gasteiger partial charge in [0.2, 0.25) is 0 Å². The minimum absolute atomic E-state index is 0.159. The van der Waals surface area contributed by atoms with E-state index in [1.807, 2.05) is 18.2 Å². The molecule has 0 aliphatic carbocycles. The Morgan fingerprint density at radius 3 is 2.48 bits per heavy atom. The molecule has 9 heteroatoms. The molecule has 1 amide bonds. The number of piperazine rings is 1. The van der Waals surface area contributed by atoms with Gasteiger partial charge in [0, 0.05) is 59.2 Å². The van der Waals surface area contributed by atoms with E-state index in [0.29, 0.717) is 18.7 Å². The second-order valence-corrected chi connectivity index (χ2v) is 7.19. The molecule has 0 saturated carbocycles. The molecule has 4 rings (SSSR count). The highest BCUT2D eigenvalue weighted by atomic mass is 16.2. The van der Waals surface area contributed by atoms with Gasteiger partial charge in [0.05, 0.1) is 16.6 Å². The van der Waals surface area contributed by atoms with Crippen LogP contribution in [-0.4, -0.2) is 61.0 Å². The normalized spacial score (nSPS) is 15.0. The molecule has 0 bridgehead atoms. The SMILES string of the molecule is Cn1c(=O)c2cc(C(=O)N3CCN(Cc4ccccn4)CC3)cnc2n(C)c1=O. The fourth-order valence-corrected chi connectivity index (χ4v) is 3.59. The summed E-state index contributed by atoms with van der Waals surface area (Å²) in [6.45, 7) is 3.44. The Balaban J connectivity index is 1.51. The Kier molecular flexibility index (Phi) is 4.98. The molecule has 0 radical (unpaired) electrons. The zero-order valence-corrected chi connectivity index (χ0v) is 16.4.